The van der Waals surface area contributed by atoms with Gasteiger partial charge in [-0.05, 0) is 43.5 Å². The van der Waals surface area contributed by atoms with Gasteiger partial charge < -0.3 is 10.1 Å². The number of halogens is 1. The molecule has 0 saturated carbocycles. The fourth-order valence-corrected chi connectivity index (χ4v) is 1.76. The van der Waals surface area contributed by atoms with Crippen molar-refractivity contribution in [3.63, 3.8) is 0 Å². The Balaban J connectivity index is 2.42. The molecule has 0 bridgehead atoms. The molecule has 1 atom stereocenters. The van der Waals surface area contributed by atoms with Gasteiger partial charge in [0.05, 0.1) is 0 Å². The van der Waals surface area contributed by atoms with E-state index < -0.39 is 6.10 Å². The highest BCUT2D eigenvalue weighted by Crippen LogP contribution is 2.14. The van der Waals surface area contributed by atoms with Crippen LogP contribution in [-0.2, 0) is 14.3 Å². The first-order chi connectivity index (χ1) is 9.38. The van der Waals surface area contributed by atoms with E-state index in [1.807, 2.05) is 26.0 Å². The van der Waals surface area contributed by atoms with Crippen molar-refractivity contribution in [1.82, 2.24) is 0 Å². The molecule has 110 valence electrons. The van der Waals surface area contributed by atoms with E-state index in [0.717, 1.165) is 10.9 Å². The van der Waals surface area contributed by atoms with Gasteiger partial charge in [0.25, 0.3) is 5.91 Å². The Labute approximate surface area is 128 Å². The molecular formula is C15H20BrNO3. The third-order valence-electron chi connectivity index (χ3n) is 2.72. The average molecular weight is 342 g/mol. The zero-order valence-corrected chi connectivity index (χ0v) is 13.6. The number of anilines is 1. The van der Waals surface area contributed by atoms with Crippen molar-refractivity contribution in [1.29, 1.82) is 0 Å². The Bertz CT molecular complexity index is 457. The lowest BCUT2D eigenvalue weighted by Crippen LogP contribution is -2.30. The van der Waals surface area contributed by atoms with Gasteiger partial charge in [-0.2, -0.15) is 0 Å². The summed E-state index contributed by atoms with van der Waals surface area (Å²) in [6.45, 7) is 5.65. The van der Waals surface area contributed by atoms with Gasteiger partial charge in [0.1, 0.15) is 0 Å². The van der Waals surface area contributed by atoms with Crippen LogP contribution in [0.3, 0.4) is 0 Å². The summed E-state index contributed by atoms with van der Waals surface area (Å²) in [4.78, 5) is 23.4. The average Bonchev–Trinajstić information content (AvgIpc) is 2.39. The van der Waals surface area contributed by atoms with E-state index in [1.54, 1.807) is 19.1 Å². The molecule has 0 radical (unpaired) electrons. The maximum Gasteiger partial charge on any atom is 0.306 e. The predicted molar refractivity (Wildman–Crippen MR) is 82.4 cm³/mol. The zero-order chi connectivity index (χ0) is 15.1. The second-order valence-electron chi connectivity index (χ2n) is 5.06. The van der Waals surface area contributed by atoms with Crippen LogP contribution in [0.2, 0.25) is 0 Å². The molecule has 0 aliphatic heterocycles. The van der Waals surface area contributed by atoms with Crippen LogP contribution in [0.25, 0.3) is 0 Å². The molecule has 1 amide bonds. The molecule has 4 nitrogen and oxygen atoms in total. The molecule has 0 saturated heterocycles. The molecule has 0 fully saturated rings. The van der Waals surface area contributed by atoms with Gasteiger partial charge in [-0.15, -0.1) is 0 Å². The number of hydrogen-bond donors (Lipinski definition) is 1. The predicted octanol–water partition coefficient (Wildman–Crippen LogP) is 3.76. The third-order valence-corrected chi connectivity index (χ3v) is 3.24. The van der Waals surface area contributed by atoms with Gasteiger partial charge in [-0.1, -0.05) is 29.8 Å². The lowest BCUT2D eigenvalue weighted by molar-refractivity contribution is -0.153. The second kappa shape index (κ2) is 8.04. The highest BCUT2D eigenvalue weighted by molar-refractivity contribution is 9.10. The minimum atomic E-state index is -0.793. The van der Waals surface area contributed by atoms with E-state index in [1.165, 1.54) is 0 Å². The molecule has 0 aliphatic carbocycles. The van der Waals surface area contributed by atoms with Crippen molar-refractivity contribution in [3.05, 3.63) is 28.7 Å². The van der Waals surface area contributed by atoms with Crippen LogP contribution in [0.1, 0.15) is 33.6 Å². The molecule has 1 aromatic rings. The number of amides is 1. The summed E-state index contributed by atoms with van der Waals surface area (Å²) in [7, 11) is 0. The van der Waals surface area contributed by atoms with Gasteiger partial charge in [0, 0.05) is 16.6 Å². The number of rotatable bonds is 6. The molecule has 0 spiro atoms. The zero-order valence-electron chi connectivity index (χ0n) is 12.0. The van der Waals surface area contributed by atoms with Crippen molar-refractivity contribution >= 4 is 33.5 Å². The molecule has 5 heteroatoms. The number of benzene rings is 1. The smallest absolute Gasteiger partial charge is 0.306 e. The standard InChI is InChI=1S/C15H20BrNO3/c1-10(2)4-9-14(18)20-11(3)15(19)17-13-7-5-12(16)6-8-13/h5-8,10-11H,4,9H2,1-3H3,(H,17,19)/t11-/m0/s1. The van der Waals surface area contributed by atoms with Crippen LogP contribution in [0, 0.1) is 5.92 Å². The Hall–Kier alpha value is -1.36. The topological polar surface area (TPSA) is 55.4 Å². The van der Waals surface area contributed by atoms with Gasteiger partial charge in [-0.25, -0.2) is 0 Å². The monoisotopic (exact) mass is 341 g/mol. The van der Waals surface area contributed by atoms with E-state index in [2.05, 4.69) is 21.2 Å². The van der Waals surface area contributed by atoms with Crippen LogP contribution in [0.4, 0.5) is 5.69 Å². The highest BCUT2D eigenvalue weighted by Gasteiger charge is 2.17. The van der Waals surface area contributed by atoms with Crippen molar-refractivity contribution in [2.75, 3.05) is 5.32 Å². The van der Waals surface area contributed by atoms with Gasteiger partial charge >= 0.3 is 5.97 Å². The van der Waals surface area contributed by atoms with Crippen molar-refractivity contribution in [2.45, 2.75) is 39.7 Å². The first kappa shape index (κ1) is 16.7. The second-order valence-corrected chi connectivity index (χ2v) is 5.98. The van der Waals surface area contributed by atoms with Crippen LogP contribution in [0.15, 0.2) is 28.7 Å². The number of ether oxygens (including phenoxy) is 1. The summed E-state index contributed by atoms with van der Waals surface area (Å²) in [5.74, 6) is -0.225. The fraction of sp³-hybridized carbons (Fsp3) is 0.467. The summed E-state index contributed by atoms with van der Waals surface area (Å²) >= 11 is 3.32. The number of nitrogens with one attached hydrogen (secondary N) is 1. The number of carbonyl (C=O) groups excluding carboxylic acids is 2. The lowest BCUT2D eigenvalue weighted by atomic mass is 10.1. The summed E-state index contributed by atoms with van der Waals surface area (Å²) < 4.78 is 6.03. The fourth-order valence-electron chi connectivity index (χ4n) is 1.49. The molecular weight excluding hydrogens is 322 g/mol. The minimum absolute atomic E-state index is 0.329. The first-order valence-corrected chi connectivity index (χ1v) is 7.43. The van der Waals surface area contributed by atoms with Crippen LogP contribution >= 0.6 is 15.9 Å². The summed E-state index contributed by atoms with van der Waals surface area (Å²) in [6, 6.07) is 7.20. The van der Waals surface area contributed by atoms with E-state index in [0.29, 0.717) is 18.0 Å². The van der Waals surface area contributed by atoms with Crippen molar-refractivity contribution < 1.29 is 14.3 Å². The van der Waals surface area contributed by atoms with Crippen molar-refractivity contribution in [3.8, 4) is 0 Å². The molecule has 0 aromatic heterocycles. The quantitative estimate of drug-likeness (QED) is 0.801. The lowest BCUT2D eigenvalue weighted by Gasteiger charge is -2.14. The SMILES string of the molecule is CC(C)CCC(=O)O[C@@H](C)C(=O)Nc1ccc(Br)cc1. The molecule has 0 unspecified atom stereocenters. The normalized spacial score (nSPS) is 12.1. The van der Waals surface area contributed by atoms with E-state index >= 15 is 0 Å². The number of hydrogen-bond acceptors (Lipinski definition) is 3. The van der Waals surface area contributed by atoms with Crippen LogP contribution in [-0.4, -0.2) is 18.0 Å². The van der Waals surface area contributed by atoms with Gasteiger partial charge in [0.15, 0.2) is 6.10 Å². The molecule has 20 heavy (non-hydrogen) atoms. The summed E-state index contributed by atoms with van der Waals surface area (Å²) in [6.07, 6.45) is 0.311. The number of carbonyl (C=O) groups is 2. The molecule has 1 N–H and O–H groups in total. The summed E-state index contributed by atoms with van der Waals surface area (Å²) in [5.41, 5.74) is 0.670. The van der Waals surface area contributed by atoms with E-state index in [-0.39, 0.29) is 11.9 Å². The molecule has 0 heterocycles. The van der Waals surface area contributed by atoms with Crippen LogP contribution < -0.4 is 5.32 Å². The Kier molecular flexibility index (Phi) is 6.71. The maximum absolute atomic E-state index is 11.9. The van der Waals surface area contributed by atoms with Gasteiger partial charge in [-0.3, -0.25) is 9.59 Å². The first-order valence-electron chi connectivity index (χ1n) is 6.64. The molecule has 1 rings (SSSR count). The van der Waals surface area contributed by atoms with E-state index in [4.69, 9.17) is 4.74 Å². The number of esters is 1. The van der Waals surface area contributed by atoms with Crippen LogP contribution in [0.5, 0.6) is 0 Å². The maximum atomic E-state index is 11.9. The Morgan fingerprint density at radius 3 is 2.35 bits per heavy atom. The molecule has 0 aliphatic rings. The largest absolute Gasteiger partial charge is 0.453 e. The Morgan fingerprint density at radius 1 is 1.20 bits per heavy atom. The Morgan fingerprint density at radius 2 is 1.80 bits per heavy atom. The van der Waals surface area contributed by atoms with Crippen molar-refractivity contribution in [2.24, 2.45) is 5.92 Å². The van der Waals surface area contributed by atoms with E-state index in [9.17, 15) is 9.59 Å². The highest BCUT2D eigenvalue weighted by atomic mass is 79.9. The summed E-state index contributed by atoms with van der Waals surface area (Å²) in [5, 5.41) is 2.70. The minimum Gasteiger partial charge on any atom is -0.453 e. The van der Waals surface area contributed by atoms with Gasteiger partial charge in [0.2, 0.25) is 0 Å². The third kappa shape index (κ3) is 6.19. The molecule has 1 aromatic carbocycles.